The average Bonchev–Trinajstić information content (AvgIpc) is 3.68. The van der Waals surface area contributed by atoms with Gasteiger partial charge in [0, 0.05) is 41.1 Å². The van der Waals surface area contributed by atoms with Crippen molar-refractivity contribution in [3.8, 4) is 33.8 Å². The minimum absolute atomic E-state index is 0.0274. The number of amides is 1. The molecule has 46 heavy (non-hydrogen) atoms. The van der Waals surface area contributed by atoms with Crippen molar-refractivity contribution in [2.75, 3.05) is 11.6 Å². The molecule has 1 unspecified atom stereocenters. The maximum Gasteiger partial charge on any atom is 0.227 e. The fourth-order valence-corrected chi connectivity index (χ4v) is 6.72. The minimum Gasteiger partial charge on any atom is -0.352 e. The van der Waals surface area contributed by atoms with Gasteiger partial charge >= 0.3 is 0 Å². The summed E-state index contributed by atoms with van der Waals surface area (Å²) < 4.78 is 38.8. The highest BCUT2D eigenvalue weighted by atomic mass is 32.2. The SMILES string of the molecule is CS(=O)(=O)C(N)c1cc(F)cc(-c2cncc3[nH]c(-c4n[nH]c5ccc(-c6cncc(NC(=O)C7CCCCC7)c6)nc45)cc23)c1. The van der Waals surface area contributed by atoms with Crippen LogP contribution in [0.4, 0.5) is 10.1 Å². The van der Waals surface area contributed by atoms with Crippen molar-refractivity contribution in [3.63, 3.8) is 0 Å². The summed E-state index contributed by atoms with van der Waals surface area (Å²) in [5, 5.41) is 9.95. The number of benzene rings is 1. The lowest BCUT2D eigenvalue weighted by Crippen LogP contribution is -2.24. The number of halogens is 1. The van der Waals surface area contributed by atoms with Crippen LogP contribution in [0.2, 0.25) is 0 Å². The standard InChI is InChI=1S/C33H31FN8O3S/c1-46(44,45)32(35)20-9-19(10-22(34)11-20)25-16-37-17-29-24(25)13-28(39-29)31-30-27(41-42-31)8-7-26(40-30)21-12-23(15-36-14-21)38-33(43)18-5-3-2-4-6-18/h7-18,32,39H,2-6,35H2,1H3,(H,38,43)(H,41,42). The van der Waals surface area contributed by atoms with Crippen molar-refractivity contribution < 1.29 is 17.6 Å². The van der Waals surface area contributed by atoms with E-state index in [9.17, 15) is 17.6 Å². The number of pyridine rings is 3. The van der Waals surface area contributed by atoms with Crippen molar-refractivity contribution in [1.29, 1.82) is 0 Å². The fraction of sp³-hybridized carbons (Fsp3) is 0.242. The number of hydrogen-bond acceptors (Lipinski definition) is 8. The number of anilines is 1. The molecule has 5 heterocycles. The molecular weight excluding hydrogens is 607 g/mol. The van der Waals surface area contributed by atoms with Gasteiger partial charge in [0.05, 0.1) is 40.5 Å². The normalized spacial score (nSPS) is 14.9. The van der Waals surface area contributed by atoms with Crippen LogP contribution in [0, 0.1) is 11.7 Å². The average molecular weight is 639 g/mol. The highest BCUT2D eigenvalue weighted by Crippen LogP contribution is 2.35. The Labute approximate surface area is 263 Å². The zero-order chi connectivity index (χ0) is 32.0. The third-order valence-electron chi connectivity index (χ3n) is 8.51. The number of aromatic amines is 2. The minimum atomic E-state index is -3.65. The lowest BCUT2D eigenvalue weighted by molar-refractivity contribution is -0.120. The topological polar surface area (TPSA) is 172 Å². The maximum absolute atomic E-state index is 14.7. The predicted octanol–water partition coefficient (Wildman–Crippen LogP) is 5.89. The maximum atomic E-state index is 14.7. The molecule has 234 valence electrons. The molecule has 7 rings (SSSR count). The monoisotopic (exact) mass is 638 g/mol. The second kappa shape index (κ2) is 11.7. The van der Waals surface area contributed by atoms with E-state index in [1.165, 1.54) is 12.5 Å². The van der Waals surface area contributed by atoms with E-state index in [2.05, 4.69) is 30.5 Å². The molecule has 0 aliphatic heterocycles. The Hall–Kier alpha value is -5.01. The van der Waals surface area contributed by atoms with Crippen LogP contribution in [-0.4, -0.2) is 50.7 Å². The number of nitrogens with two attached hydrogens (primary N) is 1. The first-order valence-electron chi connectivity index (χ1n) is 15.0. The molecule has 1 fully saturated rings. The molecule has 0 radical (unpaired) electrons. The van der Waals surface area contributed by atoms with Gasteiger partial charge in [-0.1, -0.05) is 19.3 Å². The largest absolute Gasteiger partial charge is 0.352 e. The van der Waals surface area contributed by atoms with Gasteiger partial charge in [-0.15, -0.1) is 0 Å². The molecule has 1 aliphatic rings. The van der Waals surface area contributed by atoms with Gasteiger partial charge < -0.3 is 16.0 Å². The van der Waals surface area contributed by atoms with Crippen molar-refractivity contribution >= 4 is 43.4 Å². The molecule has 1 aromatic carbocycles. The van der Waals surface area contributed by atoms with Crippen LogP contribution in [0.1, 0.15) is 43.0 Å². The number of nitrogens with one attached hydrogen (secondary N) is 3. The lowest BCUT2D eigenvalue weighted by atomic mass is 9.88. The smallest absolute Gasteiger partial charge is 0.227 e. The Balaban J connectivity index is 1.23. The van der Waals surface area contributed by atoms with Gasteiger partial charge in [-0.25, -0.2) is 17.8 Å². The zero-order valence-corrected chi connectivity index (χ0v) is 25.7. The van der Waals surface area contributed by atoms with E-state index in [4.69, 9.17) is 10.7 Å². The first-order chi connectivity index (χ1) is 22.1. The van der Waals surface area contributed by atoms with Crippen molar-refractivity contribution in [2.45, 2.75) is 37.5 Å². The Bertz CT molecular complexity index is 2220. The molecule has 13 heteroatoms. The summed E-state index contributed by atoms with van der Waals surface area (Å²) in [4.78, 5) is 29.7. The number of sulfone groups is 1. The van der Waals surface area contributed by atoms with Gasteiger partial charge in [0.25, 0.3) is 0 Å². The molecule has 1 amide bonds. The summed E-state index contributed by atoms with van der Waals surface area (Å²) in [5.41, 5.74) is 12.3. The van der Waals surface area contributed by atoms with Crippen molar-refractivity contribution in [1.82, 2.24) is 30.1 Å². The molecule has 1 saturated carbocycles. The van der Waals surface area contributed by atoms with Crippen molar-refractivity contribution in [3.05, 3.63) is 78.6 Å². The highest BCUT2D eigenvalue weighted by molar-refractivity contribution is 7.90. The Morgan fingerprint density at radius 3 is 2.59 bits per heavy atom. The van der Waals surface area contributed by atoms with Crippen LogP contribution in [-0.2, 0) is 14.6 Å². The second-order valence-corrected chi connectivity index (χ2v) is 14.0. The van der Waals surface area contributed by atoms with E-state index in [1.54, 1.807) is 30.9 Å². The fourth-order valence-electron chi connectivity index (χ4n) is 6.09. The van der Waals surface area contributed by atoms with Gasteiger partial charge in [0.1, 0.15) is 22.4 Å². The molecule has 0 spiro atoms. The van der Waals surface area contributed by atoms with Crippen LogP contribution >= 0.6 is 0 Å². The third kappa shape index (κ3) is 5.74. The van der Waals surface area contributed by atoms with Gasteiger partial charge in [0.2, 0.25) is 5.91 Å². The third-order valence-corrected chi connectivity index (χ3v) is 9.70. The number of nitrogens with zero attached hydrogens (tertiary/aromatic N) is 4. The number of carbonyl (C=O) groups is 1. The van der Waals surface area contributed by atoms with Crippen LogP contribution in [0.15, 0.2) is 67.3 Å². The van der Waals surface area contributed by atoms with E-state index in [0.717, 1.165) is 54.5 Å². The van der Waals surface area contributed by atoms with Gasteiger partial charge in [-0.3, -0.25) is 19.9 Å². The molecule has 0 saturated heterocycles. The van der Waals surface area contributed by atoms with Crippen LogP contribution in [0.25, 0.3) is 55.7 Å². The highest BCUT2D eigenvalue weighted by Gasteiger charge is 2.23. The molecular formula is C33H31FN8O3S. The van der Waals surface area contributed by atoms with Crippen LogP contribution in [0.3, 0.4) is 0 Å². The van der Waals surface area contributed by atoms with E-state index in [-0.39, 0.29) is 17.4 Å². The number of H-pyrrole nitrogens is 2. The van der Waals surface area contributed by atoms with E-state index < -0.39 is 21.0 Å². The van der Waals surface area contributed by atoms with Gasteiger partial charge in [0.15, 0.2) is 9.84 Å². The number of hydrogen-bond donors (Lipinski definition) is 4. The van der Waals surface area contributed by atoms with Crippen molar-refractivity contribution in [2.24, 2.45) is 11.7 Å². The molecule has 0 bridgehead atoms. The molecule has 6 aromatic rings. The molecule has 11 nitrogen and oxygen atoms in total. The van der Waals surface area contributed by atoms with E-state index >= 15 is 0 Å². The number of rotatable bonds is 7. The zero-order valence-electron chi connectivity index (χ0n) is 24.9. The summed E-state index contributed by atoms with van der Waals surface area (Å²) in [6, 6.07) is 11.5. The summed E-state index contributed by atoms with van der Waals surface area (Å²) in [7, 11) is -3.65. The summed E-state index contributed by atoms with van der Waals surface area (Å²) >= 11 is 0. The molecule has 5 aromatic heterocycles. The number of carbonyl (C=O) groups excluding carboxylic acids is 1. The van der Waals surface area contributed by atoms with Gasteiger partial charge in [-0.05, 0) is 66.4 Å². The van der Waals surface area contributed by atoms with Crippen LogP contribution < -0.4 is 11.1 Å². The number of aromatic nitrogens is 6. The Morgan fingerprint density at radius 2 is 1.78 bits per heavy atom. The molecule has 1 aliphatic carbocycles. The Kier molecular flexibility index (Phi) is 7.57. The number of fused-ring (bicyclic) bond motifs is 2. The first kappa shape index (κ1) is 29.7. The predicted molar refractivity (Wildman–Crippen MR) is 175 cm³/mol. The first-order valence-corrected chi connectivity index (χ1v) is 16.9. The molecule has 1 atom stereocenters. The molecule has 5 N–H and O–H groups in total. The summed E-state index contributed by atoms with van der Waals surface area (Å²) in [6.07, 6.45) is 12.7. The second-order valence-electron chi connectivity index (χ2n) is 11.8. The Morgan fingerprint density at radius 1 is 0.978 bits per heavy atom. The quantitative estimate of drug-likeness (QED) is 0.168. The summed E-state index contributed by atoms with van der Waals surface area (Å²) in [5.74, 6) is -0.554. The van der Waals surface area contributed by atoms with E-state index in [0.29, 0.717) is 44.9 Å². The van der Waals surface area contributed by atoms with Gasteiger partial charge in [-0.2, -0.15) is 5.10 Å². The van der Waals surface area contributed by atoms with E-state index in [1.807, 2.05) is 24.3 Å². The summed E-state index contributed by atoms with van der Waals surface area (Å²) in [6.45, 7) is 0. The van der Waals surface area contributed by atoms with Crippen LogP contribution in [0.5, 0.6) is 0 Å². The lowest BCUT2D eigenvalue weighted by Gasteiger charge is -2.20.